The maximum atomic E-state index is 8.65. The fourth-order valence-corrected chi connectivity index (χ4v) is 1.41. The lowest BCUT2D eigenvalue weighted by atomic mass is 10.2. The number of hydrogen-bond acceptors (Lipinski definition) is 5. The summed E-state index contributed by atoms with van der Waals surface area (Å²) in [6, 6.07) is 1.80. The average Bonchev–Trinajstić information content (AvgIpc) is 2.83. The van der Waals surface area contributed by atoms with E-state index in [1.807, 2.05) is 0 Å². The van der Waals surface area contributed by atoms with Crippen LogP contribution in [0.5, 0.6) is 5.75 Å². The number of aliphatic hydroxyl groups excluding tert-OH is 1. The van der Waals surface area contributed by atoms with Crippen LogP contribution in [0, 0.1) is 11.8 Å². The smallest absolute Gasteiger partial charge is 0.139 e. The van der Waals surface area contributed by atoms with Crippen molar-refractivity contribution < 1.29 is 9.84 Å². The summed E-state index contributed by atoms with van der Waals surface area (Å²) < 4.78 is 7.18. The fourth-order valence-electron chi connectivity index (χ4n) is 1.41. The minimum absolute atomic E-state index is 0.0588. The molecule has 6 heteroatoms. The minimum atomic E-state index is 0.0588. The molecule has 0 fully saturated rings. The van der Waals surface area contributed by atoms with Crippen molar-refractivity contribution in [3.8, 4) is 17.6 Å². The van der Waals surface area contributed by atoms with Crippen LogP contribution in [-0.4, -0.2) is 31.7 Å². The van der Waals surface area contributed by atoms with E-state index in [4.69, 9.17) is 9.84 Å². The summed E-state index contributed by atoms with van der Waals surface area (Å²) in [5.74, 6) is 6.36. The van der Waals surface area contributed by atoms with Gasteiger partial charge in [-0.1, -0.05) is 17.1 Å². The molecule has 0 atom stereocenters. The molecule has 0 bridgehead atoms. The second-order valence-electron chi connectivity index (χ2n) is 3.86. The summed E-state index contributed by atoms with van der Waals surface area (Å²) in [4.78, 5) is 4.05. The van der Waals surface area contributed by atoms with Crippen molar-refractivity contribution >= 4 is 0 Å². The maximum Gasteiger partial charge on any atom is 0.139 e. The van der Waals surface area contributed by atoms with E-state index < -0.39 is 0 Å². The van der Waals surface area contributed by atoms with Gasteiger partial charge in [0.25, 0.3) is 0 Å². The van der Waals surface area contributed by atoms with Crippen LogP contribution in [0.1, 0.15) is 17.7 Å². The first-order valence-corrected chi connectivity index (χ1v) is 5.80. The summed E-state index contributed by atoms with van der Waals surface area (Å²) in [5.41, 5.74) is 1.50. The van der Waals surface area contributed by atoms with E-state index >= 15 is 0 Å². The zero-order chi connectivity index (χ0) is 13.5. The predicted molar refractivity (Wildman–Crippen MR) is 68.2 cm³/mol. The Labute approximate surface area is 111 Å². The lowest BCUT2D eigenvalue weighted by molar-refractivity contribution is 0.300. The van der Waals surface area contributed by atoms with Crippen LogP contribution < -0.4 is 4.74 Å². The molecule has 2 rings (SSSR count). The summed E-state index contributed by atoms with van der Waals surface area (Å²) in [6.45, 7) is 0.395. The highest BCUT2D eigenvalue weighted by Gasteiger charge is 2.00. The van der Waals surface area contributed by atoms with E-state index in [9.17, 15) is 0 Å². The first-order chi connectivity index (χ1) is 9.28. The van der Waals surface area contributed by atoms with E-state index in [-0.39, 0.29) is 6.61 Å². The van der Waals surface area contributed by atoms with Crippen molar-refractivity contribution in [1.29, 1.82) is 0 Å². The Kier molecular flexibility index (Phi) is 4.48. The molecule has 6 nitrogen and oxygen atoms in total. The number of hydrogen-bond donors (Lipinski definition) is 1. The molecular weight excluding hydrogens is 244 g/mol. The maximum absolute atomic E-state index is 8.65. The van der Waals surface area contributed by atoms with Gasteiger partial charge in [-0.3, -0.25) is 9.67 Å². The van der Waals surface area contributed by atoms with Gasteiger partial charge in [0.2, 0.25) is 0 Å². The molecule has 0 unspecified atom stereocenters. The SMILES string of the molecule is Cn1cc(COc2cncc(C#CCCO)c2)nn1. The van der Waals surface area contributed by atoms with Crippen LogP contribution in [-0.2, 0) is 13.7 Å². The first-order valence-electron chi connectivity index (χ1n) is 5.80. The van der Waals surface area contributed by atoms with E-state index in [0.29, 0.717) is 18.8 Å². The molecule has 0 saturated carbocycles. The number of aliphatic hydroxyl groups is 1. The van der Waals surface area contributed by atoms with Gasteiger partial charge in [-0.25, -0.2) is 0 Å². The Morgan fingerprint density at radius 2 is 2.32 bits per heavy atom. The molecule has 2 aromatic heterocycles. The Hall–Kier alpha value is -2.39. The molecule has 0 spiro atoms. The molecule has 2 heterocycles. The molecule has 0 aliphatic rings. The Morgan fingerprint density at radius 3 is 3.05 bits per heavy atom. The lowest BCUT2D eigenvalue weighted by Crippen LogP contribution is -1.96. The predicted octanol–water partition coefficient (Wildman–Crippen LogP) is 0.523. The van der Waals surface area contributed by atoms with Gasteiger partial charge in [0.1, 0.15) is 18.1 Å². The largest absolute Gasteiger partial charge is 0.485 e. The quantitative estimate of drug-likeness (QED) is 0.809. The van der Waals surface area contributed by atoms with E-state index in [1.54, 1.807) is 36.4 Å². The molecule has 0 aliphatic heterocycles. The van der Waals surface area contributed by atoms with Crippen LogP contribution in [0.3, 0.4) is 0 Å². The van der Waals surface area contributed by atoms with Crippen molar-refractivity contribution in [2.24, 2.45) is 7.05 Å². The van der Waals surface area contributed by atoms with Crippen molar-refractivity contribution in [2.45, 2.75) is 13.0 Å². The summed E-state index contributed by atoms with van der Waals surface area (Å²) in [6.07, 6.45) is 5.51. The number of aromatic nitrogens is 4. The Morgan fingerprint density at radius 1 is 1.42 bits per heavy atom. The highest BCUT2D eigenvalue weighted by Crippen LogP contribution is 2.12. The van der Waals surface area contributed by atoms with Gasteiger partial charge in [-0.2, -0.15) is 0 Å². The molecule has 1 N–H and O–H groups in total. The highest BCUT2D eigenvalue weighted by atomic mass is 16.5. The van der Waals surface area contributed by atoms with Gasteiger partial charge >= 0.3 is 0 Å². The van der Waals surface area contributed by atoms with Crippen LogP contribution in [0.15, 0.2) is 24.7 Å². The van der Waals surface area contributed by atoms with Gasteiger partial charge in [0.15, 0.2) is 0 Å². The van der Waals surface area contributed by atoms with Gasteiger partial charge in [0, 0.05) is 25.2 Å². The highest BCUT2D eigenvalue weighted by molar-refractivity contribution is 5.36. The third-order valence-corrected chi connectivity index (χ3v) is 2.22. The van der Waals surface area contributed by atoms with Crippen molar-refractivity contribution in [3.05, 3.63) is 35.9 Å². The Balaban J connectivity index is 1.97. The molecule has 19 heavy (non-hydrogen) atoms. The van der Waals surface area contributed by atoms with Gasteiger partial charge < -0.3 is 9.84 Å². The van der Waals surface area contributed by atoms with Gasteiger partial charge in [-0.15, -0.1) is 5.10 Å². The minimum Gasteiger partial charge on any atom is -0.485 e. The summed E-state index contributed by atoms with van der Waals surface area (Å²) >= 11 is 0. The summed E-state index contributed by atoms with van der Waals surface area (Å²) in [5, 5.41) is 16.4. The normalized spacial score (nSPS) is 9.79. The second kappa shape index (κ2) is 6.52. The molecular formula is C13H14N4O2. The van der Waals surface area contributed by atoms with E-state index in [2.05, 4.69) is 27.1 Å². The number of aryl methyl sites for hydroxylation is 1. The third kappa shape index (κ3) is 4.08. The number of pyridine rings is 1. The third-order valence-electron chi connectivity index (χ3n) is 2.22. The molecule has 2 aromatic rings. The second-order valence-corrected chi connectivity index (χ2v) is 3.86. The van der Waals surface area contributed by atoms with Gasteiger partial charge in [0.05, 0.1) is 19.0 Å². The number of ether oxygens (including phenoxy) is 1. The number of nitrogens with zero attached hydrogens (tertiary/aromatic N) is 4. The van der Waals surface area contributed by atoms with Gasteiger partial charge in [-0.05, 0) is 6.07 Å². The van der Waals surface area contributed by atoms with E-state index in [1.165, 1.54) is 0 Å². The molecule has 98 valence electrons. The van der Waals surface area contributed by atoms with Crippen LogP contribution in [0.25, 0.3) is 0 Å². The zero-order valence-electron chi connectivity index (χ0n) is 10.6. The standard InChI is InChI=1S/C13H14N4O2/c1-17-9-12(15-16-17)10-19-13-6-11(7-14-8-13)4-2-3-5-18/h6-9,18H,3,5,10H2,1H3. The number of rotatable bonds is 4. The van der Waals surface area contributed by atoms with Crippen LogP contribution >= 0.6 is 0 Å². The van der Waals surface area contributed by atoms with Crippen molar-refractivity contribution in [3.63, 3.8) is 0 Å². The van der Waals surface area contributed by atoms with Crippen molar-refractivity contribution in [1.82, 2.24) is 20.0 Å². The molecule has 0 aromatic carbocycles. The monoisotopic (exact) mass is 258 g/mol. The molecule has 0 saturated heterocycles. The fraction of sp³-hybridized carbons (Fsp3) is 0.308. The Bertz CT molecular complexity index is 598. The first kappa shape index (κ1) is 13.1. The van der Waals surface area contributed by atoms with Crippen LogP contribution in [0.4, 0.5) is 0 Å². The molecule has 0 amide bonds. The topological polar surface area (TPSA) is 73.1 Å². The summed E-state index contributed by atoms with van der Waals surface area (Å²) in [7, 11) is 1.80. The molecule has 0 aliphatic carbocycles. The lowest BCUT2D eigenvalue weighted by Gasteiger charge is -2.03. The molecule has 0 radical (unpaired) electrons. The zero-order valence-corrected chi connectivity index (χ0v) is 10.6. The van der Waals surface area contributed by atoms with E-state index in [0.717, 1.165) is 11.3 Å². The van der Waals surface area contributed by atoms with Crippen LogP contribution in [0.2, 0.25) is 0 Å². The van der Waals surface area contributed by atoms with Crippen molar-refractivity contribution in [2.75, 3.05) is 6.61 Å². The average molecular weight is 258 g/mol.